The predicted molar refractivity (Wildman–Crippen MR) is 65.4 cm³/mol. The van der Waals surface area contributed by atoms with E-state index in [0.29, 0.717) is 12.4 Å². The molecule has 0 saturated carbocycles. The summed E-state index contributed by atoms with van der Waals surface area (Å²) in [6.45, 7) is 4.43. The highest BCUT2D eigenvalue weighted by atomic mass is 16.5. The zero-order valence-electron chi connectivity index (χ0n) is 10.2. The molecule has 2 heterocycles. The molecule has 0 spiro atoms. The molecule has 1 atom stereocenters. The van der Waals surface area contributed by atoms with Gasteiger partial charge in [-0.05, 0) is 18.4 Å². The van der Waals surface area contributed by atoms with Crippen molar-refractivity contribution < 1.29 is 4.74 Å². The molecule has 0 amide bonds. The van der Waals surface area contributed by atoms with Crippen molar-refractivity contribution >= 4 is 5.82 Å². The summed E-state index contributed by atoms with van der Waals surface area (Å²) in [4.78, 5) is 20.3. The maximum absolute atomic E-state index is 11.6. The molecule has 17 heavy (non-hydrogen) atoms. The Morgan fingerprint density at radius 1 is 1.71 bits per heavy atom. The second kappa shape index (κ2) is 4.37. The van der Waals surface area contributed by atoms with Crippen LogP contribution in [-0.4, -0.2) is 36.7 Å². The molecule has 1 unspecified atom stereocenters. The number of methoxy groups -OCH3 is 1. The van der Waals surface area contributed by atoms with Gasteiger partial charge in [-0.3, -0.25) is 4.79 Å². The van der Waals surface area contributed by atoms with E-state index in [1.165, 1.54) is 13.4 Å². The van der Waals surface area contributed by atoms with Gasteiger partial charge < -0.3 is 20.4 Å². The Bertz CT molecular complexity index is 459. The Labute approximate surface area is 99.8 Å². The first-order chi connectivity index (χ1) is 8.09. The number of nitrogens with zero attached hydrogens (tertiary/aromatic N) is 2. The molecule has 1 aromatic rings. The van der Waals surface area contributed by atoms with Gasteiger partial charge in [0.25, 0.3) is 5.56 Å². The monoisotopic (exact) mass is 238 g/mol. The van der Waals surface area contributed by atoms with E-state index in [1.54, 1.807) is 0 Å². The predicted octanol–water partition coefficient (Wildman–Crippen LogP) is -0.0464. The highest BCUT2D eigenvalue weighted by molar-refractivity contribution is 5.51. The molecule has 2 rings (SSSR count). The molecule has 1 aliphatic rings. The van der Waals surface area contributed by atoms with Gasteiger partial charge in [0.05, 0.1) is 13.4 Å². The van der Waals surface area contributed by atoms with Crippen LogP contribution >= 0.6 is 0 Å². The number of ether oxygens (including phenoxy) is 1. The van der Waals surface area contributed by atoms with E-state index in [4.69, 9.17) is 10.5 Å². The van der Waals surface area contributed by atoms with E-state index >= 15 is 0 Å². The normalized spacial score (nSPS) is 24.1. The molecule has 0 bridgehead atoms. The number of rotatable bonds is 3. The summed E-state index contributed by atoms with van der Waals surface area (Å²) >= 11 is 0. The molecule has 6 heteroatoms. The maximum atomic E-state index is 11.6. The van der Waals surface area contributed by atoms with Crippen LogP contribution in [-0.2, 0) is 0 Å². The lowest BCUT2D eigenvalue weighted by Crippen LogP contribution is -2.32. The Balaban J connectivity index is 2.31. The molecule has 0 aliphatic carbocycles. The third-order valence-corrected chi connectivity index (χ3v) is 3.35. The quantitative estimate of drug-likeness (QED) is 0.771. The Morgan fingerprint density at radius 2 is 2.47 bits per heavy atom. The molecular formula is C11H18N4O2. The second-order valence-electron chi connectivity index (χ2n) is 4.77. The van der Waals surface area contributed by atoms with Crippen LogP contribution in [0.2, 0.25) is 0 Å². The van der Waals surface area contributed by atoms with Gasteiger partial charge >= 0.3 is 0 Å². The fourth-order valence-electron chi connectivity index (χ4n) is 2.16. The minimum Gasteiger partial charge on any atom is -0.489 e. The van der Waals surface area contributed by atoms with E-state index in [1.807, 2.05) is 0 Å². The summed E-state index contributed by atoms with van der Waals surface area (Å²) in [6, 6.07) is 0. The molecular weight excluding hydrogens is 220 g/mol. The SMILES string of the molecule is COc1c(N2CCC(C)(CN)C2)nc[nH]c1=O. The van der Waals surface area contributed by atoms with E-state index in [9.17, 15) is 4.79 Å². The van der Waals surface area contributed by atoms with Gasteiger partial charge in [-0.15, -0.1) is 0 Å². The average Bonchev–Trinajstić information content (AvgIpc) is 2.72. The van der Waals surface area contributed by atoms with E-state index < -0.39 is 0 Å². The molecule has 0 aromatic carbocycles. The maximum Gasteiger partial charge on any atom is 0.295 e. The van der Waals surface area contributed by atoms with Gasteiger partial charge in [-0.1, -0.05) is 6.92 Å². The van der Waals surface area contributed by atoms with Crippen molar-refractivity contribution in [2.24, 2.45) is 11.1 Å². The first-order valence-electron chi connectivity index (χ1n) is 5.66. The topological polar surface area (TPSA) is 84.2 Å². The number of nitrogens with one attached hydrogen (secondary N) is 1. The number of anilines is 1. The molecule has 6 nitrogen and oxygen atoms in total. The van der Waals surface area contributed by atoms with E-state index in [-0.39, 0.29) is 16.7 Å². The third kappa shape index (κ3) is 2.12. The molecule has 1 aromatic heterocycles. The number of hydrogen-bond donors (Lipinski definition) is 2. The van der Waals surface area contributed by atoms with Crippen molar-refractivity contribution in [2.45, 2.75) is 13.3 Å². The fraction of sp³-hybridized carbons (Fsp3) is 0.636. The summed E-state index contributed by atoms with van der Waals surface area (Å²) in [7, 11) is 1.48. The summed E-state index contributed by atoms with van der Waals surface area (Å²) in [5, 5.41) is 0. The van der Waals surface area contributed by atoms with Crippen molar-refractivity contribution in [3.05, 3.63) is 16.7 Å². The molecule has 3 N–H and O–H groups in total. The van der Waals surface area contributed by atoms with Gasteiger partial charge in [0.15, 0.2) is 5.82 Å². The third-order valence-electron chi connectivity index (χ3n) is 3.35. The number of H-pyrrole nitrogens is 1. The Hall–Kier alpha value is -1.56. The minimum absolute atomic E-state index is 0.0926. The Kier molecular flexibility index (Phi) is 3.06. The summed E-state index contributed by atoms with van der Waals surface area (Å²) in [5.41, 5.74) is 5.60. The van der Waals surface area contributed by atoms with Gasteiger partial charge in [0.2, 0.25) is 5.75 Å². The smallest absolute Gasteiger partial charge is 0.295 e. The largest absolute Gasteiger partial charge is 0.489 e. The summed E-state index contributed by atoms with van der Waals surface area (Å²) in [5.74, 6) is 0.877. The number of aromatic nitrogens is 2. The first-order valence-corrected chi connectivity index (χ1v) is 5.66. The standard InChI is InChI=1S/C11H18N4O2/c1-11(5-12)3-4-15(6-11)9-8(17-2)10(16)14-7-13-9/h7H,3-6,12H2,1-2H3,(H,13,14,16). The second-order valence-corrected chi connectivity index (χ2v) is 4.77. The van der Waals surface area contributed by atoms with Crippen LogP contribution < -0.4 is 20.9 Å². The van der Waals surface area contributed by atoms with Crippen LogP contribution in [0.1, 0.15) is 13.3 Å². The lowest BCUT2D eigenvalue weighted by Gasteiger charge is -2.23. The number of hydrogen-bond acceptors (Lipinski definition) is 5. The van der Waals surface area contributed by atoms with Crippen LogP contribution in [0.3, 0.4) is 0 Å². The van der Waals surface area contributed by atoms with Crippen LogP contribution in [0.25, 0.3) is 0 Å². The van der Waals surface area contributed by atoms with Gasteiger partial charge in [0, 0.05) is 13.1 Å². The first kappa shape index (κ1) is 11.9. The molecule has 1 fully saturated rings. The van der Waals surface area contributed by atoms with Crippen LogP contribution in [0.5, 0.6) is 5.75 Å². The summed E-state index contributed by atoms with van der Waals surface area (Å²) in [6.07, 6.45) is 2.40. The molecule has 1 aliphatic heterocycles. The number of nitrogens with two attached hydrogens (primary N) is 1. The van der Waals surface area contributed by atoms with E-state index in [0.717, 1.165) is 19.5 Å². The van der Waals surface area contributed by atoms with Crippen molar-refractivity contribution in [3.63, 3.8) is 0 Å². The average molecular weight is 238 g/mol. The van der Waals surface area contributed by atoms with Crippen LogP contribution in [0.4, 0.5) is 5.82 Å². The highest BCUT2D eigenvalue weighted by Gasteiger charge is 2.34. The lowest BCUT2D eigenvalue weighted by molar-refractivity contribution is 0.381. The summed E-state index contributed by atoms with van der Waals surface area (Å²) < 4.78 is 5.11. The molecule has 1 saturated heterocycles. The lowest BCUT2D eigenvalue weighted by atomic mass is 9.90. The van der Waals surface area contributed by atoms with Gasteiger partial charge in [0.1, 0.15) is 0 Å². The Morgan fingerprint density at radius 3 is 3.06 bits per heavy atom. The minimum atomic E-state index is -0.251. The van der Waals surface area contributed by atoms with Crippen molar-refractivity contribution in [1.29, 1.82) is 0 Å². The van der Waals surface area contributed by atoms with Crippen LogP contribution in [0.15, 0.2) is 11.1 Å². The fourth-order valence-corrected chi connectivity index (χ4v) is 2.16. The zero-order valence-corrected chi connectivity index (χ0v) is 10.2. The molecule has 94 valence electrons. The van der Waals surface area contributed by atoms with Crippen LogP contribution in [0, 0.1) is 5.41 Å². The highest BCUT2D eigenvalue weighted by Crippen LogP contribution is 2.33. The number of aromatic amines is 1. The zero-order chi connectivity index (χ0) is 12.5. The van der Waals surface area contributed by atoms with E-state index in [2.05, 4.69) is 21.8 Å². The van der Waals surface area contributed by atoms with Gasteiger partial charge in [-0.2, -0.15) is 0 Å². The van der Waals surface area contributed by atoms with Crippen molar-refractivity contribution in [3.8, 4) is 5.75 Å². The van der Waals surface area contributed by atoms with Crippen molar-refractivity contribution in [2.75, 3.05) is 31.6 Å². The van der Waals surface area contributed by atoms with Gasteiger partial charge in [-0.25, -0.2) is 4.98 Å². The van der Waals surface area contributed by atoms with Crippen molar-refractivity contribution in [1.82, 2.24) is 9.97 Å². The molecule has 0 radical (unpaired) electrons.